The summed E-state index contributed by atoms with van der Waals surface area (Å²) in [6.45, 7) is 6.54. The van der Waals surface area contributed by atoms with Crippen LogP contribution in [0.2, 0.25) is 0 Å². The van der Waals surface area contributed by atoms with Gasteiger partial charge in [-0.15, -0.1) is 0 Å². The lowest BCUT2D eigenvalue weighted by Gasteiger charge is -2.25. The summed E-state index contributed by atoms with van der Waals surface area (Å²) >= 11 is 0. The second kappa shape index (κ2) is 6.36. The van der Waals surface area contributed by atoms with Crippen LogP contribution in [0, 0.1) is 0 Å². The van der Waals surface area contributed by atoms with E-state index >= 15 is 0 Å². The molecule has 2 rings (SSSR count). The first kappa shape index (κ1) is 13.6. The maximum absolute atomic E-state index is 5.59. The van der Waals surface area contributed by atoms with Crippen molar-refractivity contribution in [2.45, 2.75) is 38.5 Å². The van der Waals surface area contributed by atoms with Gasteiger partial charge in [-0.05, 0) is 18.1 Å². The van der Waals surface area contributed by atoms with E-state index in [0.29, 0.717) is 6.61 Å². The number of nitrogens with zero attached hydrogens (tertiary/aromatic N) is 1. The number of aromatic nitrogens is 1. The average molecular weight is 252 g/mol. The van der Waals surface area contributed by atoms with Gasteiger partial charge in [0.25, 0.3) is 0 Å². The summed E-state index contributed by atoms with van der Waals surface area (Å²) in [5.74, 6) is 0. The Bertz CT molecular complexity index is 356. The summed E-state index contributed by atoms with van der Waals surface area (Å²) in [4.78, 5) is 0. The number of rotatable bonds is 7. The fourth-order valence-electron chi connectivity index (χ4n) is 2.39. The Kier molecular flexibility index (Phi) is 4.80. The summed E-state index contributed by atoms with van der Waals surface area (Å²) in [6, 6.07) is 2.17. The van der Waals surface area contributed by atoms with E-state index in [1.807, 2.05) is 0 Å². The highest BCUT2D eigenvalue weighted by Crippen LogP contribution is 2.21. The quantitative estimate of drug-likeness (QED) is 0.803. The summed E-state index contributed by atoms with van der Waals surface area (Å²) in [6.07, 6.45) is 6.51. The molecule has 1 aliphatic rings. The number of hydrogen-bond acceptors (Lipinski definition) is 3. The van der Waals surface area contributed by atoms with E-state index in [9.17, 15) is 0 Å². The van der Waals surface area contributed by atoms with E-state index in [4.69, 9.17) is 9.47 Å². The van der Waals surface area contributed by atoms with Crippen LogP contribution in [-0.2, 0) is 22.6 Å². The first-order valence-corrected chi connectivity index (χ1v) is 6.76. The van der Waals surface area contributed by atoms with Crippen LogP contribution < -0.4 is 5.32 Å². The monoisotopic (exact) mass is 252 g/mol. The molecule has 0 amide bonds. The van der Waals surface area contributed by atoms with E-state index in [-0.39, 0.29) is 5.60 Å². The van der Waals surface area contributed by atoms with E-state index in [0.717, 1.165) is 32.7 Å². The standard InChI is InChI=1S/C14H24N2O2/c1-3-6-16-7-4-13(10-16)9-15-11-14(17-2)5-8-18-12-14/h4,7,10,15H,3,5-6,8-9,11-12H2,1-2H3. The van der Waals surface area contributed by atoms with Gasteiger partial charge in [0, 0.05) is 52.2 Å². The van der Waals surface area contributed by atoms with Crippen molar-refractivity contribution in [2.24, 2.45) is 0 Å². The highest BCUT2D eigenvalue weighted by Gasteiger charge is 2.34. The molecule has 0 spiro atoms. The molecule has 0 saturated carbocycles. The summed E-state index contributed by atoms with van der Waals surface area (Å²) in [5.41, 5.74) is 1.21. The number of methoxy groups -OCH3 is 1. The van der Waals surface area contributed by atoms with Crippen molar-refractivity contribution >= 4 is 0 Å². The van der Waals surface area contributed by atoms with E-state index in [2.05, 4.69) is 35.3 Å². The van der Waals surface area contributed by atoms with Gasteiger partial charge < -0.3 is 19.4 Å². The third-order valence-electron chi connectivity index (χ3n) is 3.57. The highest BCUT2D eigenvalue weighted by molar-refractivity contribution is 5.10. The molecule has 1 atom stereocenters. The molecule has 102 valence electrons. The molecule has 1 N–H and O–H groups in total. The Morgan fingerprint density at radius 3 is 3.11 bits per heavy atom. The van der Waals surface area contributed by atoms with Crippen molar-refractivity contribution in [3.63, 3.8) is 0 Å². The third-order valence-corrected chi connectivity index (χ3v) is 3.57. The van der Waals surface area contributed by atoms with Crippen LogP contribution in [0.5, 0.6) is 0 Å². The highest BCUT2D eigenvalue weighted by atomic mass is 16.5. The molecule has 1 aromatic heterocycles. The molecule has 2 heterocycles. The number of nitrogens with one attached hydrogen (secondary N) is 1. The van der Waals surface area contributed by atoms with Crippen LogP contribution in [-0.4, -0.2) is 37.0 Å². The van der Waals surface area contributed by atoms with Crippen LogP contribution in [0.3, 0.4) is 0 Å². The third kappa shape index (κ3) is 3.34. The molecule has 4 nitrogen and oxygen atoms in total. The predicted octanol–water partition coefficient (Wildman–Crippen LogP) is 1.79. The van der Waals surface area contributed by atoms with Crippen LogP contribution >= 0.6 is 0 Å². The number of ether oxygens (including phenoxy) is 2. The van der Waals surface area contributed by atoms with Crippen LogP contribution in [0.4, 0.5) is 0 Å². The Morgan fingerprint density at radius 2 is 2.44 bits per heavy atom. The molecule has 1 fully saturated rings. The zero-order valence-corrected chi connectivity index (χ0v) is 11.4. The smallest absolute Gasteiger partial charge is 0.106 e. The zero-order valence-electron chi connectivity index (χ0n) is 11.4. The predicted molar refractivity (Wildman–Crippen MR) is 71.6 cm³/mol. The van der Waals surface area contributed by atoms with Gasteiger partial charge in [-0.2, -0.15) is 0 Å². The Balaban J connectivity index is 1.76. The lowest BCUT2D eigenvalue weighted by Crippen LogP contribution is -2.42. The Morgan fingerprint density at radius 1 is 1.56 bits per heavy atom. The fourth-order valence-corrected chi connectivity index (χ4v) is 2.39. The van der Waals surface area contributed by atoms with Crippen LogP contribution in [0.1, 0.15) is 25.3 Å². The number of hydrogen-bond donors (Lipinski definition) is 1. The minimum absolute atomic E-state index is 0.119. The lowest BCUT2D eigenvalue weighted by molar-refractivity contribution is -0.0159. The normalized spacial score (nSPS) is 23.7. The molecule has 0 aliphatic carbocycles. The van der Waals surface area contributed by atoms with Crippen molar-refractivity contribution in [2.75, 3.05) is 26.9 Å². The van der Waals surface area contributed by atoms with Gasteiger partial charge >= 0.3 is 0 Å². The molecule has 18 heavy (non-hydrogen) atoms. The molecule has 0 bridgehead atoms. The van der Waals surface area contributed by atoms with Gasteiger partial charge in [-0.3, -0.25) is 0 Å². The molecule has 1 aliphatic heterocycles. The van der Waals surface area contributed by atoms with Gasteiger partial charge in [-0.1, -0.05) is 6.92 Å². The minimum atomic E-state index is -0.119. The van der Waals surface area contributed by atoms with Crippen molar-refractivity contribution in [3.8, 4) is 0 Å². The van der Waals surface area contributed by atoms with Crippen molar-refractivity contribution in [3.05, 3.63) is 24.0 Å². The maximum atomic E-state index is 5.59. The van der Waals surface area contributed by atoms with Crippen molar-refractivity contribution in [1.82, 2.24) is 9.88 Å². The van der Waals surface area contributed by atoms with Crippen molar-refractivity contribution in [1.29, 1.82) is 0 Å². The molecular weight excluding hydrogens is 228 g/mol. The molecule has 0 aromatic carbocycles. The fraction of sp³-hybridized carbons (Fsp3) is 0.714. The van der Waals surface area contributed by atoms with E-state index < -0.39 is 0 Å². The van der Waals surface area contributed by atoms with Gasteiger partial charge in [-0.25, -0.2) is 0 Å². The van der Waals surface area contributed by atoms with E-state index in [1.165, 1.54) is 12.0 Å². The first-order valence-electron chi connectivity index (χ1n) is 6.76. The minimum Gasteiger partial charge on any atom is -0.378 e. The molecule has 1 aromatic rings. The summed E-state index contributed by atoms with van der Waals surface area (Å²) in [5, 5.41) is 3.47. The van der Waals surface area contributed by atoms with Gasteiger partial charge in [0.15, 0.2) is 0 Å². The summed E-state index contributed by atoms with van der Waals surface area (Å²) < 4.78 is 13.2. The molecule has 0 radical (unpaired) electrons. The zero-order chi connectivity index (χ0) is 12.8. The largest absolute Gasteiger partial charge is 0.378 e. The Hall–Kier alpha value is -0.840. The van der Waals surface area contributed by atoms with Crippen LogP contribution in [0.25, 0.3) is 0 Å². The Labute approximate surface area is 109 Å². The van der Waals surface area contributed by atoms with Crippen molar-refractivity contribution < 1.29 is 9.47 Å². The van der Waals surface area contributed by atoms with Gasteiger partial charge in [0.1, 0.15) is 5.60 Å². The van der Waals surface area contributed by atoms with Gasteiger partial charge in [0.2, 0.25) is 0 Å². The second-order valence-corrected chi connectivity index (χ2v) is 5.05. The first-order chi connectivity index (χ1) is 8.78. The maximum Gasteiger partial charge on any atom is 0.106 e. The summed E-state index contributed by atoms with van der Waals surface area (Å²) in [7, 11) is 1.77. The molecule has 1 unspecified atom stereocenters. The van der Waals surface area contributed by atoms with Crippen LogP contribution in [0.15, 0.2) is 18.5 Å². The molecule has 1 saturated heterocycles. The SMILES string of the molecule is CCCn1ccc(CNCC2(OC)CCOC2)c1. The second-order valence-electron chi connectivity index (χ2n) is 5.05. The number of aryl methyl sites for hydroxylation is 1. The van der Waals surface area contributed by atoms with Gasteiger partial charge in [0.05, 0.1) is 6.61 Å². The van der Waals surface area contributed by atoms with E-state index in [1.54, 1.807) is 7.11 Å². The average Bonchev–Trinajstić information content (AvgIpc) is 3.00. The molecular formula is C14H24N2O2. The molecule has 4 heteroatoms. The topological polar surface area (TPSA) is 35.4 Å². The lowest BCUT2D eigenvalue weighted by atomic mass is 10.0.